The van der Waals surface area contributed by atoms with E-state index in [1.807, 2.05) is 0 Å². The Bertz CT molecular complexity index is 10.8. The van der Waals surface area contributed by atoms with E-state index in [2.05, 4.69) is 13.5 Å². The van der Waals surface area contributed by atoms with Crippen molar-refractivity contribution < 1.29 is 38.6 Å². The van der Waals surface area contributed by atoms with Crippen LogP contribution in [0.1, 0.15) is 0 Å². The van der Waals surface area contributed by atoms with Gasteiger partial charge in [-0.15, -0.1) is 0 Å². The van der Waals surface area contributed by atoms with E-state index < -0.39 is 0 Å². The van der Waals surface area contributed by atoms with Crippen LogP contribution in [0.5, 0.6) is 0 Å². The molecule has 0 bridgehead atoms. The van der Waals surface area contributed by atoms with Crippen molar-refractivity contribution in [1.82, 2.24) is 0 Å². The average molecular weight is 200 g/mol. The van der Waals surface area contributed by atoms with Crippen LogP contribution in [0.3, 0.4) is 0 Å². The third-order valence-corrected chi connectivity index (χ3v) is 0. The molecule has 27 valence electrons. The summed E-state index contributed by atoms with van der Waals surface area (Å²) < 4.78 is 0. The van der Waals surface area contributed by atoms with Gasteiger partial charge in [0.2, 0.25) is 0 Å². The predicted octanol–water partition coefficient (Wildman–Crippen LogP) is 1.01. The monoisotopic (exact) mass is 200 g/mol. The second-order valence-electron chi connectivity index (χ2n) is 0.289. The van der Waals surface area contributed by atoms with Gasteiger partial charge in [-0.2, -0.15) is 0 Å². The Labute approximate surface area is 57.7 Å². The molecule has 0 saturated carbocycles. The zero-order valence-corrected chi connectivity index (χ0v) is 4.46. The van der Waals surface area contributed by atoms with Gasteiger partial charge in [-0.3, -0.25) is 0 Å². The molecule has 0 fully saturated rings. The molecule has 0 heterocycles. The maximum atomic E-state index is 3.25. The first-order chi connectivity index (χ1) is 1.41. The Morgan fingerprint density at radius 2 is 1.75 bits per heavy atom. The molecule has 0 aliphatic carbocycles. The molecule has 0 aromatic carbocycles. The van der Waals surface area contributed by atoms with E-state index in [9.17, 15) is 0 Å². The zero-order chi connectivity index (χ0) is 2.71. The molecule has 4 heavy (non-hydrogen) atoms. The zero-order valence-electron chi connectivity index (χ0n) is 2.32. The SMILES string of the molecule is C=C[CH2-].[Tb]. The van der Waals surface area contributed by atoms with Crippen LogP contribution in [-0.2, 0) is 0 Å². The van der Waals surface area contributed by atoms with Crippen LogP contribution in [0.2, 0.25) is 0 Å². The molecule has 0 atom stereocenters. The largest absolute Gasteiger partial charge is 0.245 e. The van der Waals surface area contributed by atoms with Crippen molar-refractivity contribution in [2.24, 2.45) is 0 Å². The van der Waals surface area contributed by atoms with Crippen molar-refractivity contribution in [3.8, 4) is 0 Å². The summed E-state index contributed by atoms with van der Waals surface area (Å²) in [6.45, 7) is 6.50. The fourth-order valence-electron chi connectivity index (χ4n) is 0. The van der Waals surface area contributed by atoms with E-state index in [-0.39, 0.29) is 38.6 Å². The minimum Gasteiger partial charge on any atom is -0.245 e. The number of allylic oxidation sites excluding steroid dienone is 1. The van der Waals surface area contributed by atoms with E-state index in [1.54, 1.807) is 0 Å². The Balaban J connectivity index is 0. The van der Waals surface area contributed by atoms with Crippen molar-refractivity contribution >= 4 is 0 Å². The second kappa shape index (κ2) is 9.09. The molecule has 0 aliphatic rings. The summed E-state index contributed by atoms with van der Waals surface area (Å²) in [4.78, 5) is 0. The van der Waals surface area contributed by atoms with Gasteiger partial charge in [-0.1, -0.05) is 0 Å². The second-order valence-corrected chi connectivity index (χ2v) is 0.289. The molecule has 0 spiro atoms. The Morgan fingerprint density at radius 1 is 1.75 bits per heavy atom. The van der Waals surface area contributed by atoms with Gasteiger partial charge in [0.25, 0.3) is 0 Å². The maximum Gasteiger partial charge on any atom is 0 e. The van der Waals surface area contributed by atoms with Crippen molar-refractivity contribution in [3.63, 3.8) is 0 Å². The van der Waals surface area contributed by atoms with Gasteiger partial charge in [0.1, 0.15) is 0 Å². The molecule has 0 saturated heterocycles. The Hall–Kier alpha value is 0.896. The van der Waals surface area contributed by atoms with Gasteiger partial charge in [0, 0.05) is 38.6 Å². The topological polar surface area (TPSA) is 0 Å². The molecule has 0 N–H and O–H groups in total. The summed E-state index contributed by atoms with van der Waals surface area (Å²) in [5, 5.41) is 0. The van der Waals surface area contributed by atoms with Crippen molar-refractivity contribution in [1.29, 1.82) is 0 Å². The van der Waals surface area contributed by atoms with E-state index >= 15 is 0 Å². The van der Waals surface area contributed by atoms with Crippen LogP contribution >= 0.6 is 0 Å². The van der Waals surface area contributed by atoms with E-state index in [0.717, 1.165) is 0 Å². The van der Waals surface area contributed by atoms with Crippen molar-refractivity contribution in [2.45, 2.75) is 0 Å². The van der Waals surface area contributed by atoms with Gasteiger partial charge in [-0.25, -0.2) is 19.6 Å². The van der Waals surface area contributed by atoms with Crippen LogP contribution in [-0.4, -0.2) is 0 Å². The molecule has 0 amide bonds. The number of hydrogen-bond donors (Lipinski definition) is 0. The molecule has 0 unspecified atom stereocenters. The van der Waals surface area contributed by atoms with E-state index in [1.165, 1.54) is 6.08 Å². The van der Waals surface area contributed by atoms with Gasteiger partial charge in [0.15, 0.2) is 0 Å². The quantitative estimate of drug-likeness (QED) is 0.512. The fourth-order valence-corrected chi connectivity index (χ4v) is 0. The van der Waals surface area contributed by atoms with Gasteiger partial charge < -0.3 is 0 Å². The van der Waals surface area contributed by atoms with Crippen molar-refractivity contribution in [3.05, 3.63) is 19.6 Å². The van der Waals surface area contributed by atoms with Gasteiger partial charge in [0.05, 0.1) is 0 Å². The molecule has 0 nitrogen and oxygen atoms in total. The fraction of sp³-hybridized carbons (Fsp3) is 0. The first-order valence-corrected chi connectivity index (χ1v) is 0.816. The maximum absolute atomic E-state index is 3.25. The smallest absolute Gasteiger partial charge is 0 e. The number of rotatable bonds is 0. The molecule has 0 aromatic rings. The Kier molecular flexibility index (Phi) is 20.1. The van der Waals surface area contributed by atoms with E-state index in [4.69, 9.17) is 0 Å². The molecule has 1 heteroatoms. The average Bonchev–Trinajstić information content (AvgIpc) is 0.918. The molecule has 0 aromatic heterocycles. The van der Waals surface area contributed by atoms with Crippen LogP contribution in [0.15, 0.2) is 12.7 Å². The van der Waals surface area contributed by atoms with Gasteiger partial charge in [-0.05, 0) is 0 Å². The predicted molar refractivity (Wildman–Crippen MR) is 15.6 cm³/mol. The van der Waals surface area contributed by atoms with Crippen LogP contribution in [0.4, 0.5) is 0 Å². The summed E-state index contributed by atoms with van der Waals surface area (Å²) in [7, 11) is 0. The molecule has 0 rings (SSSR count). The minimum atomic E-state index is 0. The standard InChI is InChI=1S/C3H5.Tb/c1-3-2;/h3H,1-2H2;/q-1;. The third-order valence-electron chi connectivity index (χ3n) is 0. The van der Waals surface area contributed by atoms with Crippen LogP contribution in [0.25, 0.3) is 0 Å². The first-order valence-electron chi connectivity index (χ1n) is 0.816. The summed E-state index contributed by atoms with van der Waals surface area (Å²) >= 11 is 0. The van der Waals surface area contributed by atoms with Gasteiger partial charge >= 0.3 is 0 Å². The van der Waals surface area contributed by atoms with Crippen LogP contribution < -0.4 is 0 Å². The minimum absolute atomic E-state index is 0. The first kappa shape index (κ1) is 8.86. The van der Waals surface area contributed by atoms with Crippen LogP contribution in [0, 0.1) is 45.5 Å². The molecular weight excluding hydrogens is 195 g/mol. The molecule has 0 aliphatic heterocycles. The normalized spacial score (nSPS) is 3.00. The summed E-state index contributed by atoms with van der Waals surface area (Å²) in [6.07, 6.45) is 1.50. The third kappa shape index (κ3) is 13.0. The summed E-state index contributed by atoms with van der Waals surface area (Å²) in [6, 6.07) is 0. The van der Waals surface area contributed by atoms with Crippen molar-refractivity contribution in [2.75, 3.05) is 0 Å². The summed E-state index contributed by atoms with van der Waals surface area (Å²) in [5.41, 5.74) is 0. The Morgan fingerprint density at radius 3 is 1.75 bits per heavy atom. The summed E-state index contributed by atoms with van der Waals surface area (Å²) in [5.74, 6) is 0. The number of hydrogen-bond acceptors (Lipinski definition) is 0. The molecular formula is C3H5Tb-. The van der Waals surface area contributed by atoms with E-state index in [0.29, 0.717) is 0 Å². The molecule has 1 radical (unpaired) electrons.